The van der Waals surface area contributed by atoms with Crippen molar-refractivity contribution in [3.05, 3.63) is 72.3 Å². The van der Waals surface area contributed by atoms with E-state index in [1.54, 1.807) is 19.3 Å². The second kappa shape index (κ2) is 8.55. The second-order valence-electron chi connectivity index (χ2n) is 7.68. The summed E-state index contributed by atoms with van der Waals surface area (Å²) in [4.78, 5) is 36.1. The van der Waals surface area contributed by atoms with Gasteiger partial charge in [0.25, 0.3) is 5.91 Å². The molecule has 0 aliphatic carbocycles. The second-order valence-corrected chi connectivity index (χ2v) is 7.68. The molecule has 3 aromatic rings. The minimum atomic E-state index is -0.659. The highest BCUT2D eigenvalue weighted by Crippen LogP contribution is 2.40. The maximum Gasteiger partial charge on any atom is 0.286 e. The Balaban J connectivity index is 1.77. The van der Waals surface area contributed by atoms with Gasteiger partial charge < -0.3 is 15.5 Å². The van der Waals surface area contributed by atoms with Crippen molar-refractivity contribution >= 4 is 23.2 Å². The van der Waals surface area contributed by atoms with Crippen LogP contribution in [0.3, 0.4) is 0 Å². The van der Waals surface area contributed by atoms with Gasteiger partial charge in [-0.25, -0.2) is 9.97 Å². The number of amides is 2. The molecule has 0 fully saturated rings. The predicted octanol–water partition coefficient (Wildman–Crippen LogP) is 3.39. The van der Waals surface area contributed by atoms with Crippen LogP contribution in [-0.2, 0) is 11.3 Å². The Bertz CT molecular complexity index is 1100. The fraction of sp³-hybridized carbons (Fsp3) is 0.250. The van der Waals surface area contributed by atoms with Gasteiger partial charge in [0.1, 0.15) is 0 Å². The minimum Gasteiger partial charge on any atom is -0.363 e. The predicted molar refractivity (Wildman–Crippen MR) is 121 cm³/mol. The summed E-state index contributed by atoms with van der Waals surface area (Å²) < 4.78 is 0. The summed E-state index contributed by atoms with van der Waals surface area (Å²) in [5.74, 6) is -0.635. The van der Waals surface area contributed by atoms with Gasteiger partial charge in [0.2, 0.25) is 11.7 Å². The summed E-state index contributed by atoms with van der Waals surface area (Å²) in [5, 5.41) is 0. The van der Waals surface area contributed by atoms with Crippen LogP contribution in [0.4, 0.5) is 11.4 Å². The van der Waals surface area contributed by atoms with Crippen LogP contribution in [0.15, 0.2) is 60.9 Å². The molecule has 1 atom stereocenters. The minimum absolute atomic E-state index is 0.0130. The molecule has 1 aliphatic rings. The molecule has 1 unspecified atom stereocenters. The van der Waals surface area contributed by atoms with Gasteiger partial charge in [-0.05, 0) is 29.7 Å². The topological polar surface area (TPSA) is 92.4 Å². The largest absolute Gasteiger partial charge is 0.363 e. The summed E-state index contributed by atoms with van der Waals surface area (Å²) in [7, 11) is 0. The number of fused-ring (bicyclic) bond motifs is 1. The number of benzene rings is 2. The SMILES string of the molecule is CCC1CN(Cc2ccccc2)c2cc(-c3cnc(C(N)=O)nc3)ccc2N1C(C)=O. The maximum absolute atomic E-state index is 12.5. The summed E-state index contributed by atoms with van der Waals surface area (Å²) >= 11 is 0. The number of hydrogen-bond donors (Lipinski definition) is 1. The quantitative estimate of drug-likeness (QED) is 0.690. The fourth-order valence-electron chi connectivity index (χ4n) is 4.09. The Morgan fingerprint density at radius 2 is 1.74 bits per heavy atom. The highest BCUT2D eigenvalue weighted by molar-refractivity contribution is 5.98. The van der Waals surface area contributed by atoms with Crippen molar-refractivity contribution in [2.75, 3.05) is 16.3 Å². The molecule has 1 aromatic heterocycles. The number of primary amides is 1. The van der Waals surface area contributed by atoms with Crippen LogP contribution in [0, 0.1) is 0 Å². The molecule has 2 heterocycles. The molecule has 7 nitrogen and oxygen atoms in total. The number of carbonyl (C=O) groups excluding carboxylic acids is 2. The smallest absolute Gasteiger partial charge is 0.286 e. The van der Waals surface area contributed by atoms with Crippen molar-refractivity contribution in [2.45, 2.75) is 32.9 Å². The average Bonchev–Trinajstić information content (AvgIpc) is 2.79. The molecule has 0 saturated heterocycles. The lowest BCUT2D eigenvalue weighted by Gasteiger charge is -2.43. The molecule has 1 aliphatic heterocycles. The Kier molecular flexibility index (Phi) is 5.66. The third kappa shape index (κ3) is 4.12. The van der Waals surface area contributed by atoms with Crippen LogP contribution in [0.5, 0.6) is 0 Å². The van der Waals surface area contributed by atoms with Gasteiger partial charge in [-0.15, -0.1) is 0 Å². The van der Waals surface area contributed by atoms with Crippen molar-refractivity contribution in [1.29, 1.82) is 0 Å². The normalized spacial score (nSPS) is 15.5. The van der Waals surface area contributed by atoms with Gasteiger partial charge in [0.15, 0.2) is 0 Å². The van der Waals surface area contributed by atoms with E-state index in [1.807, 2.05) is 35.2 Å². The van der Waals surface area contributed by atoms with Crippen molar-refractivity contribution in [3.8, 4) is 11.1 Å². The molecule has 158 valence electrons. The zero-order valence-electron chi connectivity index (χ0n) is 17.7. The number of anilines is 2. The van der Waals surface area contributed by atoms with E-state index in [0.717, 1.165) is 42.0 Å². The summed E-state index contributed by atoms with van der Waals surface area (Å²) in [6.45, 7) is 5.22. The zero-order valence-corrected chi connectivity index (χ0v) is 17.7. The van der Waals surface area contributed by atoms with E-state index < -0.39 is 5.91 Å². The van der Waals surface area contributed by atoms with Crippen molar-refractivity contribution in [2.24, 2.45) is 5.73 Å². The lowest BCUT2D eigenvalue weighted by molar-refractivity contribution is -0.117. The molecule has 4 rings (SSSR count). The van der Waals surface area contributed by atoms with Crippen LogP contribution < -0.4 is 15.5 Å². The molecule has 2 amide bonds. The van der Waals surface area contributed by atoms with Crippen LogP contribution >= 0.6 is 0 Å². The molecule has 2 aromatic carbocycles. The molecule has 7 heteroatoms. The van der Waals surface area contributed by atoms with Crippen LogP contribution in [0.1, 0.15) is 36.5 Å². The number of nitrogens with zero attached hydrogens (tertiary/aromatic N) is 4. The number of rotatable bonds is 5. The van der Waals surface area contributed by atoms with E-state index in [0.29, 0.717) is 0 Å². The maximum atomic E-state index is 12.5. The Morgan fingerprint density at radius 3 is 2.35 bits per heavy atom. The molecule has 2 N–H and O–H groups in total. The van der Waals surface area contributed by atoms with Gasteiger partial charge in [-0.3, -0.25) is 9.59 Å². The molecular weight excluding hydrogens is 390 g/mol. The number of aromatic nitrogens is 2. The summed E-state index contributed by atoms with van der Waals surface area (Å²) in [6.07, 6.45) is 4.06. The van der Waals surface area contributed by atoms with E-state index in [1.165, 1.54) is 5.56 Å². The van der Waals surface area contributed by atoms with Crippen LogP contribution in [-0.4, -0.2) is 34.4 Å². The molecular formula is C24H25N5O2. The number of nitrogens with two attached hydrogens (primary N) is 1. The third-order valence-corrected chi connectivity index (χ3v) is 5.60. The zero-order chi connectivity index (χ0) is 22.0. The Labute approximate surface area is 181 Å². The molecule has 0 radical (unpaired) electrons. The monoisotopic (exact) mass is 415 g/mol. The molecule has 0 saturated carbocycles. The van der Waals surface area contributed by atoms with Crippen LogP contribution in [0.2, 0.25) is 0 Å². The number of carbonyl (C=O) groups is 2. The van der Waals surface area contributed by atoms with Gasteiger partial charge in [0.05, 0.1) is 17.4 Å². The first-order chi connectivity index (χ1) is 15.0. The lowest BCUT2D eigenvalue weighted by Crippen LogP contribution is -2.50. The van der Waals surface area contributed by atoms with Gasteiger partial charge in [0, 0.05) is 38.0 Å². The summed E-state index contributed by atoms with van der Waals surface area (Å²) in [5.41, 5.74) is 10.0. The van der Waals surface area contributed by atoms with E-state index in [9.17, 15) is 9.59 Å². The van der Waals surface area contributed by atoms with Crippen molar-refractivity contribution in [3.63, 3.8) is 0 Å². The Morgan fingerprint density at radius 1 is 1.03 bits per heavy atom. The van der Waals surface area contributed by atoms with E-state index >= 15 is 0 Å². The molecule has 0 bridgehead atoms. The molecule has 0 spiro atoms. The van der Waals surface area contributed by atoms with E-state index in [4.69, 9.17) is 5.73 Å². The first-order valence-electron chi connectivity index (χ1n) is 10.3. The van der Waals surface area contributed by atoms with Crippen molar-refractivity contribution < 1.29 is 9.59 Å². The highest BCUT2D eigenvalue weighted by Gasteiger charge is 2.32. The van der Waals surface area contributed by atoms with E-state index in [2.05, 4.69) is 40.0 Å². The van der Waals surface area contributed by atoms with Gasteiger partial charge in [-0.2, -0.15) is 0 Å². The Hall–Kier alpha value is -3.74. The first-order valence-corrected chi connectivity index (χ1v) is 10.3. The summed E-state index contributed by atoms with van der Waals surface area (Å²) in [6, 6.07) is 16.4. The lowest BCUT2D eigenvalue weighted by atomic mass is 10.00. The standard InChI is InChI=1S/C24H25N5O2/c1-3-20-15-28(14-17-7-5-4-6-8-17)22-11-18(9-10-21(22)29(20)16(2)30)19-12-26-24(23(25)31)27-13-19/h4-13,20H,3,14-15H2,1-2H3,(H2,25,31). The fourth-order valence-corrected chi connectivity index (χ4v) is 4.09. The third-order valence-electron chi connectivity index (χ3n) is 5.60. The molecule has 31 heavy (non-hydrogen) atoms. The first kappa shape index (κ1) is 20.5. The van der Waals surface area contributed by atoms with Gasteiger partial charge in [-0.1, -0.05) is 43.3 Å². The number of hydrogen-bond acceptors (Lipinski definition) is 5. The highest BCUT2D eigenvalue weighted by atomic mass is 16.2. The van der Waals surface area contributed by atoms with Gasteiger partial charge >= 0.3 is 0 Å². The van der Waals surface area contributed by atoms with Crippen molar-refractivity contribution in [1.82, 2.24) is 9.97 Å². The van der Waals surface area contributed by atoms with Crippen LogP contribution in [0.25, 0.3) is 11.1 Å². The average molecular weight is 415 g/mol. The van der Waals surface area contributed by atoms with E-state index in [-0.39, 0.29) is 17.8 Å².